The number of hydrogen-bond donors (Lipinski definition) is 1. The average Bonchev–Trinajstić information content (AvgIpc) is 2.19. The Bertz CT molecular complexity index is 341. The van der Waals surface area contributed by atoms with E-state index in [1.165, 1.54) is 0 Å². The molecule has 90 valence electrons. The van der Waals surface area contributed by atoms with Crippen LogP contribution in [0, 0.1) is 19.8 Å². The Hall–Kier alpha value is -0.900. The minimum atomic E-state index is 0.102. The van der Waals surface area contributed by atoms with Gasteiger partial charge in [-0.3, -0.25) is 0 Å². The molecule has 1 aromatic heterocycles. The average molecular weight is 243 g/mol. The van der Waals surface area contributed by atoms with Gasteiger partial charge < -0.3 is 5.32 Å². The van der Waals surface area contributed by atoms with Gasteiger partial charge in [0, 0.05) is 6.54 Å². The minimum absolute atomic E-state index is 0.102. The van der Waals surface area contributed by atoms with E-state index >= 15 is 0 Å². The SMILES string of the molecule is Cc1nnc(NCC(Cl)CC(C)C)nc1C. The monoisotopic (exact) mass is 242 g/mol. The van der Waals surface area contributed by atoms with E-state index in [4.69, 9.17) is 11.6 Å². The van der Waals surface area contributed by atoms with Crippen LogP contribution in [-0.2, 0) is 0 Å². The molecular formula is C11H19ClN4. The third-order valence-electron chi connectivity index (χ3n) is 2.30. The first-order valence-electron chi connectivity index (χ1n) is 5.55. The lowest BCUT2D eigenvalue weighted by molar-refractivity contribution is 0.571. The lowest BCUT2D eigenvalue weighted by Crippen LogP contribution is -2.18. The van der Waals surface area contributed by atoms with Crippen molar-refractivity contribution in [2.75, 3.05) is 11.9 Å². The Morgan fingerprint density at radius 1 is 1.19 bits per heavy atom. The molecule has 0 spiro atoms. The molecule has 5 heteroatoms. The van der Waals surface area contributed by atoms with Crippen molar-refractivity contribution in [3.05, 3.63) is 11.4 Å². The summed E-state index contributed by atoms with van der Waals surface area (Å²) in [6, 6.07) is 0. The fourth-order valence-electron chi connectivity index (χ4n) is 1.33. The predicted molar refractivity (Wildman–Crippen MR) is 66.9 cm³/mol. The topological polar surface area (TPSA) is 50.7 Å². The predicted octanol–water partition coefficient (Wildman–Crippen LogP) is 2.55. The van der Waals surface area contributed by atoms with Crippen molar-refractivity contribution < 1.29 is 0 Å². The highest BCUT2D eigenvalue weighted by Crippen LogP contribution is 2.11. The highest BCUT2D eigenvalue weighted by atomic mass is 35.5. The van der Waals surface area contributed by atoms with E-state index in [1.54, 1.807) is 0 Å². The number of halogens is 1. The zero-order valence-corrected chi connectivity index (χ0v) is 11.0. The largest absolute Gasteiger partial charge is 0.351 e. The van der Waals surface area contributed by atoms with Crippen LogP contribution in [0.5, 0.6) is 0 Å². The molecule has 0 radical (unpaired) electrons. The van der Waals surface area contributed by atoms with E-state index in [2.05, 4.69) is 34.3 Å². The Balaban J connectivity index is 2.45. The second kappa shape index (κ2) is 5.99. The molecule has 1 rings (SSSR count). The van der Waals surface area contributed by atoms with Gasteiger partial charge in [-0.15, -0.1) is 16.7 Å². The van der Waals surface area contributed by atoms with Crippen molar-refractivity contribution >= 4 is 17.5 Å². The number of aromatic nitrogens is 3. The molecule has 4 nitrogen and oxygen atoms in total. The van der Waals surface area contributed by atoms with Gasteiger partial charge >= 0.3 is 0 Å². The number of aryl methyl sites for hydroxylation is 2. The van der Waals surface area contributed by atoms with Crippen LogP contribution < -0.4 is 5.32 Å². The van der Waals surface area contributed by atoms with Gasteiger partial charge in [-0.2, -0.15) is 5.10 Å². The van der Waals surface area contributed by atoms with Crippen molar-refractivity contribution in [3.8, 4) is 0 Å². The van der Waals surface area contributed by atoms with Gasteiger partial charge in [-0.05, 0) is 26.2 Å². The van der Waals surface area contributed by atoms with Crippen LogP contribution in [0.1, 0.15) is 31.7 Å². The molecular weight excluding hydrogens is 224 g/mol. The van der Waals surface area contributed by atoms with Gasteiger partial charge in [-0.25, -0.2) is 4.98 Å². The molecule has 0 aliphatic rings. The van der Waals surface area contributed by atoms with Crippen molar-refractivity contribution in [1.82, 2.24) is 15.2 Å². The second-order valence-electron chi connectivity index (χ2n) is 4.41. The minimum Gasteiger partial charge on any atom is -0.351 e. The molecule has 1 atom stereocenters. The number of rotatable bonds is 5. The van der Waals surface area contributed by atoms with Crippen molar-refractivity contribution in [2.45, 2.75) is 39.5 Å². The summed E-state index contributed by atoms with van der Waals surface area (Å²) in [6.45, 7) is 8.79. The number of nitrogens with one attached hydrogen (secondary N) is 1. The maximum atomic E-state index is 6.16. The molecule has 1 N–H and O–H groups in total. The summed E-state index contributed by atoms with van der Waals surface area (Å²) in [5, 5.41) is 11.2. The third-order valence-corrected chi connectivity index (χ3v) is 2.63. The number of alkyl halides is 1. The van der Waals surface area contributed by atoms with Crippen molar-refractivity contribution in [3.63, 3.8) is 0 Å². The zero-order chi connectivity index (χ0) is 12.1. The van der Waals surface area contributed by atoms with Crippen LogP contribution >= 0.6 is 11.6 Å². The molecule has 0 bridgehead atoms. The summed E-state index contributed by atoms with van der Waals surface area (Å²) < 4.78 is 0. The Labute approximate surface area is 102 Å². The van der Waals surface area contributed by atoms with E-state index in [-0.39, 0.29) is 5.38 Å². The van der Waals surface area contributed by atoms with E-state index in [1.807, 2.05) is 13.8 Å². The highest BCUT2D eigenvalue weighted by Gasteiger charge is 2.08. The van der Waals surface area contributed by atoms with Gasteiger partial charge in [0.2, 0.25) is 5.95 Å². The smallest absolute Gasteiger partial charge is 0.243 e. The normalized spacial score (nSPS) is 12.9. The lowest BCUT2D eigenvalue weighted by Gasteiger charge is -2.12. The molecule has 1 unspecified atom stereocenters. The molecule has 0 saturated carbocycles. The Kier molecular flexibility index (Phi) is 4.93. The van der Waals surface area contributed by atoms with E-state index in [9.17, 15) is 0 Å². The van der Waals surface area contributed by atoms with Crippen molar-refractivity contribution in [1.29, 1.82) is 0 Å². The van der Waals surface area contributed by atoms with Gasteiger partial charge in [0.15, 0.2) is 0 Å². The molecule has 1 aromatic rings. The first-order valence-corrected chi connectivity index (χ1v) is 5.98. The van der Waals surface area contributed by atoms with E-state index in [0.29, 0.717) is 18.4 Å². The molecule has 0 amide bonds. The third kappa shape index (κ3) is 4.31. The van der Waals surface area contributed by atoms with Gasteiger partial charge in [-0.1, -0.05) is 13.8 Å². The summed E-state index contributed by atoms with van der Waals surface area (Å²) in [6.07, 6.45) is 0.979. The summed E-state index contributed by atoms with van der Waals surface area (Å²) >= 11 is 6.16. The first-order chi connectivity index (χ1) is 7.49. The molecule has 0 fully saturated rings. The van der Waals surface area contributed by atoms with Crippen molar-refractivity contribution in [2.24, 2.45) is 5.92 Å². The zero-order valence-electron chi connectivity index (χ0n) is 10.3. The van der Waals surface area contributed by atoms with E-state index in [0.717, 1.165) is 17.8 Å². The number of nitrogens with zero attached hydrogens (tertiary/aromatic N) is 3. The molecule has 0 aliphatic heterocycles. The summed E-state index contributed by atoms with van der Waals surface area (Å²) in [7, 11) is 0. The quantitative estimate of drug-likeness (QED) is 0.807. The molecule has 16 heavy (non-hydrogen) atoms. The summed E-state index contributed by atoms with van der Waals surface area (Å²) in [5.74, 6) is 1.15. The molecule has 0 aliphatic carbocycles. The van der Waals surface area contributed by atoms with Gasteiger partial charge in [0.05, 0.1) is 16.8 Å². The first kappa shape index (κ1) is 13.2. The standard InChI is InChI=1S/C11H19ClN4/c1-7(2)5-10(12)6-13-11-14-8(3)9(4)15-16-11/h7,10H,5-6H2,1-4H3,(H,13,14,16). The maximum absolute atomic E-state index is 6.16. The molecule has 1 heterocycles. The van der Waals surface area contributed by atoms with Crippen LogP contribution in [0.3, 0.4) is 0 Å². The molecule has 0 saturated heterocycles. The van der Waals surface area contributed by atoms with E-state index < -0.39 is 0 Å². The van der Waals surface area contributed by atoms with Crippen LogP contribution in [-0.4, -0.2) is 27.1 Å². The van der Waals surface area contributed by atoms with Crippen LogP contribution in [0.15, 0.2) is 0 Å². The second-order valence-corrected chi connectivity index (χ2v) is 5.03. The lowest BCUT2D eigenvalue weighted by atomic mass is 10.1. The summed E-state index contributed by atoms with van der Waals surface area (Å²) in [5.41, 5.74) is 1.75. The summed E-state index contributed by atoms with van der Waals surface area (Å²) in [4.78, 5) is 4.28. The Morgan fingerprint density at radius 2 is 1.88 bits per heavy atom. The van der Waals surface area contributed by atoms with Crippen LogP contribution in [0.2, 0.25) is 0 Å². The number of hydrogen-bond acceptors (Lipinski definition) is 4. The van der Waals surface area contributed by atoms with Crippen LogP contribution in [0.4, 0.5) is 5.95 Å². The maximum Gasteiger partial charge on any atom is 0.243 e. The fourth-order valence-corrected chi connectivity index (χ4v) is 1.76. The molecule has 0 aromatic carbocycles. The highest BCUT2D eigenvalue weighted by molar-refractivity contribution is 6.20. The Morgan fingerprint density at radius 3 is 2.44 bits per heavy atom. The van der Waals surface area contributed by atoms with Gasteiger partial charge in [0.25, 0.3) is 0 Å². The number of anilines is 1. The van der Waals surface area contributed by atoms with Crippen LogP contribution in [0.25, 0.3) is 0 Å². The van der Waals surface area contributed by atoms with Gasteiger partial charge in [0.1, 0.15) is 0 Å². The fraction of sp³-hybridized carbons (Fsp3) is 0.727.